The Labute approximate surface area is 152 Å². The normalized spacial score (nSPS) is 17.0. The summed E-state index contributed by atoms with van der Waals surface area (Å²) in [5.74, 6) is 0.870. The minimum Gasteiger partial charge on any atom is -0.396 e. The second-order valence-electron chi connectivity index (χ2n) is 6.86. The Morgan fingerprint density at radius 3 is 2.60 bits per heavy atom. The third kappa shape index (κ3) is 6.67. The molecule has 0 heterocycles. The second kappa shape index (κ2) is 11.1. The molecule has 0 aromatic heterocycles. The van der Waals surface area contributed by atoms with Crippen LogP contribution in [-0.4, -0.2) is 61.8 Å². The summed E-state index contributed by atoms with van der Waals surface area (Å²) in [6.45, 7) is 5.50. The highest BCUT2D eigenvalue weighted by molar-refractivity contribution is 5.79. The summed E-state index contributed by atoms with van der Waals surface area (Å²) >= 11 is 0. The minimum absolute atomic E-state index is 0.0396. The van der Waals surface area contributed by atoms with Gasteiger partial charge in [0, 0.05) is 31.6 Å². The Bertz CT molecular complexity index is 500. The molecule has 1 aliphatic carbocycles. The van der Waals surface area contributed by atoms with Crippen molar-refractivity contribution < 1.29 is 5.11 Å². The Hall–Kier alpha value is -1.59. The van der Waals surface area contributed by atoms with Gasteiger partial charge in [-0.2, -0.15) is 0 Å². The van der Waals surface area contributed by atoms with Gasteiger partial charge in [0.1, 0.15) is 0 Å². The third-order valence-corrected chi connectivity index (χ3v) is 5.01. The highest BCUT2D eigenvalue weighted by Crippen LogP contribution is 2.21. The van der Waals surface area contributed by atoms with Crippen molar-refractivity contribution in [3.05, 3.63) is 35.9 Å². The van der Waals surface area contributed by atoms with Gasteiger partial charge in [-0.15, -0.1) is 0 Å². The fraction of sp³-hybridized carbons (Fsp3) is 0.650. The number of nitrogens with zero attached hydrogens (tertiary/aromatic N) is 2. The zero-order valence-electron chi connectivity index (χ0n) is 15.7. The predicted molar refractivity (Wildman–Crippen MR) is 105 cm³/mol. The molecule has 5 nitrogen and oxygen atoms in total. The van der Waals surface area contributed by atoms with E-state index in [-0.39, 0.29) is 12.5 Å². The molecule has 25 heavy (non-hydrogen) atoms. The lowest BCUT2D eigenvalue weighted by atomic mass is 10.0. The van der Waals surface area contributed by atoms with E-state index < -0.39 is 0 Å². The smallest absolute Gasteiger partial charge is 0.191 e. The Kier molecular flexibility index (Phi) is 8.77. The maximum Gasteiger partial charge on any atom is 0.191 e. The van der Waals surface area contributed by atoms with Crippen molar-refractivity contribution in [2.45, 2.75) is 44.6 Å². The van der Waals surface area contributed by atoms with E-state index in [2.05, 4.69) is 34.5 Å². The van der Waals surface area contributed by atoms with Crippen molar-refractivity contribution in [3.63, 3.8) is 0 Å². The summed E-state index contributed by atoms with van der Waals surface area (Å²) in [4.78, 5) is 7.13. The van der Waals surface area contributed by atoms with Crippen LogP contribution in [0.25, 0.3) is 0 Å². The number of hydrogen-bond donors (Lipinski definition) is 3. The van der Waals surface area contributed by atoms with Gasteiger partial charge in [-0.05, 0) is 32.4 Å². The second-order valence-corrected chi connectivity index (χ2v) is 6.86. The van der Waals surface area contributed by atoms with Gasteiger partial charge in [0.25, 0.3) is 0 Å². The summed E-state index contributed by atoms with van der Waals surface area (Å²) in [6, 6.07) is 10.8. The van der Waals surface area contributed by atoms with E-state index in [1.165, 1.54) is 25.7 Å². The summed E-state index contributed by atoms with van der Waals surface area (Å²) in [7, 11) is 2.22. The van der Waals surface area contributed by atoms with Crippen molar-refractivity contribution in [1.82, 2.24) is 15.5 Å². The van der Waals surface area contributed by atoms with Crippen LogP contribution in [0.15, 0.2) is 35.3 Å². The van der Waals surface area contributed by atoms with Gasteiger partial charge >= 0.3 is 0 Å². The van der Waals surface area contributed by atoms with Gasteiger partial charge in [0.05, 0.1) is 13.2 Å². The number of guanidine groups is 1. The molecule has 0 saturated heterocycles. The van der Waals surface area contributed by atoms with Gasteiger partial charge in [-0.1, -0.05) is 43.2 Å². The maximum absolute atomic E-state index is 9.68. The van der Waals surface area contributed by atoms with Crippen LogP contribution in [-0.2, 0) is 0 Å². The van der Waals surface area contributed by atoms with E-state index in [1.54, 1.807) is 0 Å². The molecule has 1 aliphatic rings. The number of likely N-dealkylation sites (N-methyl/N-ethyl adjacent to an activating group) is 1. The molecule has 0 radical (unpaired) electrons. The van der Waals surface area contributed by atoms with Crippen LogP contribution in [0.1, 0.15) is 44.1 Å². The minimum atomic E-state index is 0.0396. The summed E-state index contributed by atoms with van der Waals surface area (Å²) in [5.41, 5.74) is 1.13. The van der Waals surface area contributed by atoms with E-state index in [4.69, 9.17) is 0 Å². The molecule has 0 bridgehead atoms. The first-order chi connectivity index (χ1) is 12.2. The maximum atomic E-state index is 9.68. The number of rotatable bonds is 9. The van der Waals surface area contributed by atoms with Crippen molar-refractivity contribution in [1.29, 1.82) is 0 Å². The largest absolute Gasteiger partial charge is 0.396 e. The number of aliphatic hydroxyl groups excluding tert-OH is 1. The van der Waals surface area contributed by atoms with Crippen LogP contribution in [0.4, 0.5) is 0 Å². The van der Waals surface area contributed by atoms with Crippen molar-refractivity contribution in [2.24, 2.45) is 4.99 Å². The van der Waals surface area contributed by atoms with Gasteiger partial charge in [-0.3, -0.25) is 4.99 Å². The van der Waals surface area contributed by atoms with E-state index in [0.717, 1.165) is 37.2 Å². The van der Waals surface area contributed by atoms with Crippen molar-refractivity contribution in [3.8, 4) is 0 Å². The molecule has 1 atom stereocenters. The molecule has 0 amide bonds. The average molecular weight is 347 g/mol. The zero-order chi connectivity index (χ0) is 17.9. The molecule has 0 spiro atoms. The van der Waals surface area contributed by atoms with E-state index in [0.29, 0.717) is 6.54 Å². The van der Waals surface area contributed by atoms with Crippen LogP contribution in [0.5, 0.6) is 0 Å². The highest BCUT2D eigenvalue weighted by Gasteiger charge is 2.18. The molecule has 1 fully saturated rings. The first kappa shape index (κ1) is 19.7. The molecular formula is C20H34N4O. The van der Waals surface area contributed by atoms with Gasteiger partial charge in [0.2, 0.25) is 0 Å². The average Bonchev–Trinajstić information content (AvgIpc) is 3.18. The molecule has 1 aromatic rings. The number of nitrogens with one attached hydrogen (secondary N) is 2. The van der Waals surface area contributed by atoms with Gasteiger partial charge < -0.3 is 20.6 Å². The van der Waals surface area contributed by atoms with E-state index in [9.17, 15) is 5.11 Å². The molecule has 1 saturated carbocycles. The summed E-state index contributed by atoms with van der Waals surface area (Å²) in [5, 5.41) is 16.4. The lowest BCUT2D eigenvalue weighted by Gasteiger charge is -2.24. The van der Waals surface area contributed by atoms with Crippen molar-refractivity contribution >= 4 is 5.96 Å². The summed E-state index contributed by atoms with van der Waals surface area (Å²) in [6.07, 6.45) is 5.41. The molecule has 2 rings (SSSR count). The molecule has 1 aromatic carbocycles. The molecule has 0 aliphatic heterocycles. The quantitative estimate of drug-likeness (QED) is 0.474. The lowest BCUT2D eigenvalue weighted by molar-refractivity contribution is 0.249. The number of hydrogen-bond acceptors (Lipinski definition) is 3. The summed E-state index contributed by atoms with van der Waals surface area (Å²) < 4.78 is 0. The van der Waals surface area contributed by atoms with Crippen LogP contribution in [0.3, 0.4) is 0 Å². The monoisotopic (exact) mass is 346 g/mol. The van der Waals surface area contributed by atoms with Gasteiger partial charge in [0.15, 0.2) is 5.96 Å². The zero-order valence-corrected chi connectivity index (χ0v) is 15.7. The Balaban J connectivity index is 1.82. The fourth-order valence-corrected chi connectivity index (χ4v) is 3.42. The van der Waals surface area contributed by atoms with E-state index >= 15 is 0 Å². The predicted octanol–water partition coefficient (Wildman–Crippen LogP) is 2.19. The first-order valence-corrected chi connectivity index (χ1v) is 9.62. The topological polar surface area (TPSA) is 59.9 Å². The van der Waals surface area contributed by atoms with Crippen LogP contribution >= 0.6 is 0 Å². The molecule has 3 N–H and O–H groups in total. The SMILES string of the molecule is CCNC(=NCC(CO)c1ccccc1)NCCN(C)C1CCCC1. The first-order valence-electron chi connectivity index (χ1n) is 9.62. The fourth-order valence-electron chi connectivity index (χ4n) is 3.42. The lowest BCUT2D eigenvalue weighted by Crippen LogP contribution is -2.42. The number of aliphatic imine (C=N–C) groups is 1. The van der Waals surface area contributed by atoms with Crippen LogP contribution in [0.2, 0.25) is 0 Å². The van der Waals surface area contributed by atoms with E-state index in [1.807, 2.05) is 30.3 Å². The highest BCUT2D eigenvalue weighted by atomic mass is 16.3. The number of aliphatic hydroxyl groups is 1. The van der Waals surface area contributed by atoms with Crippen molar-refractivity contribution in [2.75, 3.05) is 39.8 Å². The Morgan fingerprint density at radius 1 is 1.24 bits per heavy atom. The number of benzene rings is 1. The Morgan fingerprint density at radius 2 is 1.96 bits per heavy atom. The molecule has 5 heteroatoms. The van der Waals surface area contributed by atoms with Gasteiger partial charge in [-0.25, -0.2) is 0 Å². The standard InChI is InChI=1S/C20H34N4O/c1-3-21-20(22-13-14-24(2)19-11-7-8-12-19)23-15-18(16-25)17-9-5-4-6-10-17/h4-6,9-10,18-19,25H,3,7-8,11-16H2,1-2H3,(H2,21,22,23). The molecule has 140 valence electrons. The molecular weight excluding hydrogens is 312 g/mol. The third-order valence-electron chi connectivity index (χ3n) is 5.01. The van der Waals surface area contributed by atoms with Crippen LogP contribution in [0, 0.1) is 0 Å². The molecule has 1 unspecified atom stereocenters. The van der Waals surface area contributed by atoms with Crippen LogP contribution < -0.4 is 10.6 Å².